The quantitative estimate of drug-likeness (QED) is 0.744. The van der Waals surface area contributed by atoms with Gasteiger partial charge in [-0.05, 0) is 69.3 Å². The fourth-order valence-corrected chi connectivity index (χ4v) is 5.22. The van der Waals surface area contributed by atoms with Crippen LogP contribution >= 0.6 is 0 Å². The number of amides is 1. The number of rotatable bonds is 6. The second kappa shape index (κ2) is 9.32. The van der Waals surface area contributed by atoms with E-state index in [1.807, 2.05) is 6.07 Å². The summed E-state index contributed by atoms with van der Waals surface area (Å²) in [5.41, 5.74) is 4.24. The van der Waals surface area contributed by atoms with Gasteiger partial charge in [0.1, 0.15) is 5.54 Å². The van der Waals surface area contributed by atoms with Gasteiger partial charge in [0.15, 0.2) is 0 Å². The Hall–Kier alpha value is -2.17. The first-order chi connectivity index (χ1) is 14.6. The number of carbonyl (C=O) groups is 1. The molecule has 0 spiro atoms. The molecule has 2 aromatic rings. The molecular weight excluding hydrogens is 370 g/mol. The zero-order valence-electron chi connectivity index (χ0n) is 18.4. The summed E-state index contributed by atoms with van der Waals surface area (Å²) in [5.74, 6) is 0.268. The SMILES string of the molecule is Cc1cccc(C)c1N(C(=O)C1(NCc2ccccc2)CCNCC1)C1CCCC1. The van der Waals surface area contributed by atoms with Gasteiger partial charge in [-0.1, -0.05) is 61.4 Å². The van der Waals surface area contributed by atoms with Gasteiger partial charge in [0.2, 0.25) is 5.91 Å². The van der Waals surface area contributed by atoms with E-state index in [2.05, 4.69) is 71.8 Å². The molecule has 0 bridgehead atoms. The van der Waals surface area contributed by atoms with Gasteiger partial charge in [-0.2, -0.15) is 0 Å². The molecule has 4 rings (SSSR count). The number of hydrogen-bond acceptors (Lipinski definition) is 3. The number of nitrogens with zero attached hydrogens (tertiary/aromatic N) is 1. The van der Waals surface area contributed by atoms with Crippen molar-refractivity contribution in [2.24, 2.45) is 0 Å². The van der Waals surface area contributed by atoms with Gasteiger partial charge >= 0.3 is 0 Å². The first-order valence-corrected chi connectivity index (χ1v) is 11.5. The Labute approximate surface area is 181 Å². The van der Waals surface area contributed by atoms with Crippen LogP contribution in [0, 0.1) is 13.8 Å². The van der Waals surface area contributed by atoms with Gasteiger partial charge in [0, 0.05) is 18.3 Å². The Morgan fingerprint density at radius 3 is 2.27 bits per heavy atom. The van der Waals surface area contributed by atoms with Crippen LogP contribution in [0.1, 0.15) is 55.2 Å². The van der Waals surface area contributed by atoms with Crippen LogP contribution in [0.4, 0.5) is 5.69 Å². The van der Waals surface area contributed by atoms with Crippen LogP contribution in [0.15, 0.2) is 48.5 Å². The molecule has 0 unspecified atom stereocenters. The lowest BCUT2D eigenvalue weighted by Crippen LogP contribution is -2.63. The van der Waals surface area contributed by atoms with E-state index in [1.54, 1.807) is 0 Å². The van der Waals surface area contributed by atoms with Gasteiger partial charge in [-0.15, -0.1) is 0 Å². The normalized spacial score (nSPS) is 19.0. The molecule has 2 aromatic carbocycles. The maximum Gasteiger partial charge on any atom is 0.247 e. The van der Waals surface area contributed by atoms with Gasteiger partial charge in [0.05, 0.1) is 0 Å². The summed E-state index contributed by atoms with van der Waals surface area (Å²) >= 11 is 0. The average Bonchev–Trinajstić information content (AvgIpc) is 3.30. The number of anilines is 1. The van der Waals surface area contributed by atoms with Crippen molar-refractivity contribution in [3.63, 3.8) is 0 Å². The van der Waals surface area contributed by atoms with Crippen LogP contribution in [-0.2, 0) is 11.3 Å². The number of piperidine rings is 1. The second-order valence-corrected chi connectivity index (χ2v) is 9.03. The lowest BCUT2D eigenvalue weighted by atomic mass is 9.85. The molecule has 2 fully saturated rings. The van der Waals surface area contributed by atoms with Crippen molar-refractivity contribution in [3.05, 3.63) is 65.2 Å². The molecule has 0 aromatic heterocycles. The number of benzene rings is 2. The molecule has 1 heterocycles. The summed E-state index contributed by atoms with van der Waals surface area (Å²) < 4.78 is 0. The topological polar surface area (TPSA) is 44.4 Å². The van der Waals surface area contributed by atoms with Crippen LogP contribution in [-0.4, -0.2) is 30.6 Å². The molecular formula is C26H35N3O. The van der Waals surface area contributed by atoms with Crippen molar-refractivity contribution in [1.82, 2.24) is 10.6 Å². The number of carbonyl (C=O) groups excluding carboxylic acids is 1. The summed E-state index contributed by atoms with van der Waals surface area (Å²) in [6.45, 7) is 6.75. The monoisotopic (exact) mass is 405 g/mol. The van der Waals surface area contributed by atoms with Gasteiger partial charge < -0.3 is 10.2 Å². The van der Waals surface area contributed by atoms with Crippen molar-refractivity contribution < 1.29 is 4.79 Å². The number of aryl methyl sites for hydroxylation is 2. The Morgan fingerprint density at radius 1 is 1.00 bits per heavy atom. The lowest BCUT2D eigenvalue weighted by molar-refractivity contribution is -0.126. The van der Waals surface area contributed by atoms with Crippen LogP contribution in [0.3, 0.4) is 0 Å². The first kappa shape index (κ1) is 21.1. The maximum absolute atomic E-state index is 14.4. The van der Waals surface area contributed by atoms with Crippen molar-refractivity contribution in [2.75, 3.05) is 18.0 Å². The van der Waals surface area contributed by atoms with Crippen LogP contribution in [0.2, 0.25) is 0 Å². The Bertz CT molecular complexity index is 832. The molecule has 4 nitrogen and oxygen atoms in total. The maximum atomic E-state index is 14.4. The summed E-state index contributed by atoms with van der Waals surface area (Å²) in [6.07, 6.45) is 6.29. The van der Waals surface area contributed by atoms with Crippen LogP contribution < -0.4 is 15.5 Å². The first-order valence-electron chi connectivity index (χ1n) is 11.5. The molecule has 30 heavy (non-hydrogen) atoms. The molecule has 4 heteroatoms. The molecule has 1 aliphatic heterocycles. The summed E-state index contributed by atoms with van der Waals surface area (Å²) in [7, 11) is 0. The fourth-order valence-electron chi connectivity index (χ4n) is 5.22. The molecule has 0 radical (unpaired) electrons. The number of nitrogens with one attached hydrogen (secondary N) is 2. The van der Waals surface area contributed by atoms with Crippen LogP contribution in [0.5, 0.6) is 0 Å². The summed E-state index contributed by atoms with van der Waals surface area (Å²) in [5, 5.41) is 7.19. The zero-order chi connectivity index (χ0) is 21.0. The van der Waals surface area contributed by atoms with Gasteiger partial charge in [0.25, 0.3) is 0 Å². The molecule has 0 atom stereocenters. The smallest absolute Gasteiger partial charge is 0.247 e. The minimum Gasteiger partial charge on any atom is -0.317 e. The predicted octanol–water partition coefficient (Wildman–Crippen LogP) is 4.49. The third-order valence-electron chi connectivity index (χ3n) is 6.93. The van der Waals surface area contributed by atoms with E-state index in [-0.39, 0.29) is 5.91 Å². The highest BCUT2D eigenvalue weighted by Crippen LogP contribution is 2.36. The van der Waals surface area contributed by atoms with E-state index in [0.29, 0.717) is 6.04 Å². The van der Waals surface area contributed by atoms with Crippen molar-refractivity contribution in [3.8, 4) is 0 Å². The minimum absolute atomic E-state index is 0.268. The average molecular weight is 406 g/mol. The second-order valence-electron chi connectivity index (χ2n) is 9.03. The van der Waals surface area contributed by atoms with Crippen molar-refractivity contribution in [2.45, 2.75) is 70.5 Å². The minimum atomic E-state index is -0.515. The third-order valence-corrected chi connectivity index (χ3v) is 6.93. The highest BCUT2D eigenvalue weighted by atomic mass is 16.2. The molecule has 2 aliphatic rings. The Morgan fingerprint density at radius 2 is 1.63 bits per heavy atom. The van der Waals surface area contributed by atoms with Gasteiger partial charge in [-0.25, -0.2) is 0 Å². The fraction of sp³-hybridized carbons (Fsp3) is 0.500. The van der Waals surface area contributed by atoms with Crippen molar-refractivity contribution >= 4 is 11.6 Å². The Balaban J connectivity index is 1.69. The summed E-state index contributed by atoms with van der Waals surface area (Å²) in [6, 6.07) is 17.1. The lowest BCUT2D eigenvalue weighted by Gasteiger charge is -2.43. The largest absolute Gasteiger partial charge is 0.317 e. The third kappa shape index (κ3) is 4.30. The van der Waals surface area contributed by atoms with E-state index in [9.17, 15) is 4.79 Å². The number of hydrogen-bond donors (Lipinski definition) is 2. The van der Waals surface area contributed by atoms with E-state index in [4.69, 9.17) is 0 Å². The standard InChI is InChI=1S/C26H35N3O/c1-20-9-8-10-21(2)24(20)29(23-13-6-7-14-23)25(30)26(15-17-27-18-16-26)28-19-22-11-4-3-5-12-22/h3-5,8-12,23,27-28H,6-7,13-19H2,1-2H3. The molecule has 1 amide bonds. The molecule has 1 aliphatic carbocycles. The predicted molar refractivity (Wildman–Crippen MR) is 124 cm³/mol. The van der Waals surface area contributed by atoms with E-state index in [0.717, 1.165) is 51.0 Å². The van der Waals surface area contributed by atoms with Crippen molar-refractivity contribution in [1.29, 1.82) is 0 Å². The molecule has 1 saturated heterocycles. The molecule has 2 N–H and O–H groups in total. The zero-order valence-corrected chi connectivity index (χ0v) is 18.4. The summed E-state index contributed by atoms with van der Waals surface area (Å²) in [4.78, 5) is 16.6. The van der Waals surface area contributed by atoms with Crippen LogP contribution in [0.25, 0.3) is 0 Å². The molecule has 160 valence electrons. The van der Waals surface area contributed by atoms with E-state index >= 15 is 0 Å². The molecule has 1 saturated carbocycles. The highest BCUT2D eigenvalue weighted by molar-refractivity contribution is 6.02. The van der Waals surface area contributed by atoms with Gasteiger partial charge in [-0.3, -0.25) is 10.1 Å². The number of para-hydroxylation sites is 1. The van der Waals surface area contributed by atoms with E-state index < -0.39 is 5.54 Å². The van der Waals surface area contributed by atoms with E-state index in [1.165, 1.54) is 29.5 Å². The highest BCUT2D eigenvalue weighted by Gasteiger charge is 2.45. The Kier molecular flexibility index (Phi) is 6.55.